The summed E-state index contributed by atoms with van der Waals surface area (Å²) >= 11 is 0. The zero-order valence-electron chi connectivity index (χ0n) is 19.4. The summed E-state index contributed by atoms with van der Waals surface area (Å²) in [5.41, 5.74) is 0.619. The zero-order valence-corrected chi connectivity index (χ0v) is 19.4. The first kappa shape index (κ1) is 22.4. The van der Waals surface area contributed by atoms with Crippen molar-refractivity contribution in [2.24, 2.45) is 40.4 Å². The Balaban J connectivity index is 1.53. The zero-order chi connectivity index (χ0) is 22.6. The highest BCUT2D eigenvalue weighted by atomic mass is 16.5. The highest BCUT2D eigenvalue weighted by Gasteiger charge is 2.63. The van der Waals surface area contributed by atoms with Gasteiger partial charge in [-0.05, 0) is 67.3 Å². The molecule has 7 unspecified atom stereocenters. The van der Waals surface area contributed by atoms with E-state index < -0.39 is 0 Å². The SMILES string of the molecule is CCC(C)C(=O)OCC(=O)C1CCC2C3CCC4=CC(=O)CCC4(C)C3C(=O)CC12C. The van der Waals surface area contributed by atoms with Gasteiger partial charge in [0.25, 0.3) is 0 Å². The third kappa shape index (κ3) is 3.52. The van der Waals surface area contributed by atoms with Crippen molar-refractivity contribution in [3.63, 3.8) is 0 Å². The van der Waals surface area contributed by atoms with Gasteiger partial charge in [-0.3, -0.25) is 19.2 Å². The second-order valence-electron chi connectivity index (χ2n) is 11.0. The van der Waals surface area contributed by atoms with Crippen LogP contribution in [0.25, 0.3) is 0 Å². The van der Waals surface area contributed by atoms with Gasteiger partial charge in [0.15, 0.2) is 11.6 Å². The standard InChI is InChI=1S/C26H36O5/c1-5-15(2)24(30)31-14-22(29)20-9-8-19-18-7-6-16-12-17(27)10-11-25(16,3)23(18)21(28)13-26(19,20)4/h12,15,18-20,23H,5-11,13-14H2,1-4H3. The van der Waals surface area contributed by atoms with Crippen LogP contribution in [-0.2, 0) is 23.9 Å². The van der Waals surface area contributed by atoms with Crippen molar-refractivity contribution >= 4 is 23.3 Å². The van der Waals surface area contributed by atoms with Crippen molar-refractivity contribution in [3.05, 3.63) is 11.6 Å². The normalized spacial score (nSPS) is 40.3. The van der Waals surface area contributed by atoms with E-state index in [4.69, 9.17) is 4.74 Å². The van der Waals surface area contributed by atoms with Crippen LogP contribution in [-0.4, -0.2) is 29.9 Å². The van der Waals surface area contributed by atoms with Gasteiger partial charge in [-0.2, -0.15) is 0 Å². The Labute approximate surface area is 185 Å². The molecule has 0 aromatic rings. The Morgan fingerprint density at radius 1 is 1.16 bits per heavy atom. The van der Waals surface area contributed by atoms with Gasteiger partial charge in [0.2, 0.25) is 0 Å². The minimum absolute atomic E-state index is 0.0289. The molecule has 0 amide bonds. The Kier molecular flexibility index (Phi) is 5.76. The van der Waals surface area contributed by atoms with Crippen LogP contribution in [0.4, 0.5) is 0 Å². The predicted octanol–water partition coefficient (Wildman–Crippen LogP) is 4.47. The first-order chi connectivity index (χ1) is 14.6. The van der Waals surface area contributed by atoms with Crippen LogP contribution in [0.1, 0.15) is 79.1 Å². The number of carbonyl (C=O) groups excluding carboxylic acids is 4. The average Bonchev–Trinajstić information content (AvgIpc) is 3.07. The maximum Gasteiger partial charge on any atom is 0.309 e. The molecular weight excluding hydrogens is 392 g/mol. The number of ketones is 3. The largest absolute Gasteiger partial charge is 0.457 e. The summed E-state index contributed by atoms with van der Waals surface area (Å²) in [7, 11) is 0. The molecule has 0 aliphatic heterocycles. The smallest absolute Gasteiger partial charge is 0.309 e. The number of rotatable bonds is 5. The maximum atomic E-state index is 13.6. The lowest BCUT2D eigenvalue weighted by atomic mass is 9.46. The molecule has 4 aliphatic carbocycles. The molecule has 170 valence electrons. The highest BCUT2D eigenvalue weighted by molar-refractivity contribution is 5.93. The Hall–Kier alpha value is -1.78. The van der Waals surface area contributed by atoms with Crippen molar-refractivity contribution < 1.29 is 23.9 Å². The summed E-state index contributed by atoms with van der Waals surface area (Å²) in [5, 5.41) is 0. The molecular formula is C26H36O5. The summed E-state index contributed by atoms with van der Waals surface area (Å²) in [5.74, 6) is 0.276. The molecule has 0 spiro atoms. The summed E-state index contributed by atoms with van der Waals surface area (Å²) in [6.07, 6.45) is 7.75. The molecule has 3 fully saturated rings. The highest BCUT2D eigenvalue weighted by Crippen LogP contribution is 2.65. The monoisotopic (exact) mass is 428 g/mol. The third-order valence-corrected chi connectivity index (χ3v) is 9.41. The van der Waals surface area contributed by atoms with E-state index >= 15 is 0 Å². The minimum Gasteiger partial charge on any atom is -0.457 e. The van der Waals surface area contributed by atoms with E-state index in [0.717, 1.165) is 32.1 Å². The number of Topliss-reactive ketones (excluding diaryl/α,β-unsaturated/α-hetero) is 2. The lowest BCUT2D eigenvalue weighted by molar-refractivity contribution is -0.156. The Bertz CT molecular complexity index is 841. The summed E-state index contributed by atoms with van der Waals surface area (Å²) < 4.78 is 5.31. The third-order valence-electron chi connectivity index (χ3n) is 9.41. The molecule has 5 nitrogen and oxygen atoms in total. The molecule has 31 heavy (non-hydrogen) atoms. The number of ether oxygens (including phenoxy) is 1. The van der Waals surface area contributed by atoms with Crippen LogP contribution >= 0.6 is 0 Å². The molecule has 3 saturated carbocycles. The maximum absolute atomic E-state index is 13.6. The second-order valence-corrected chi connectivity index (χ2v) is 11.0. The molecule has 0 heterocycles. The van der Waals surface area contributed by atoms with Crippen LogP contribution in [0.2, 0.25) is 0 Å². The fourth-order valence-corrected chi connectivity index (χ4v) is 7.46. The van der Waals surface area contributed by atoms with Gasteiger partial charge in [0.05, 0.1) is 5.92 Å². The molecule has 0 radical (unpaired) electrons. The molecule has 0 aromatic heterocycles. The molecule has 7 atom stereocenters. The van der Waals surface area contributed by atoms with Gasteiger partial charge in [-0.25, -0.2) is 0 Å². The van der Waals surface area contributed by atoms with Crippen molar-refractivity contribution in [2.75, 3.05) is 6.61 Å². The Morgan fingerprint density at radius 3 is 2.61 bits per heavy atom. The molecule has 5 heteroatoms. The number of carbonyl (C=O) groups is 4. The van der Waals surface area contributed by atoms with E-state index in [1.165, 1.54) is 5.57 Å². The number of hydrogen-bond donors (Lipinski definition) is 0. The van der Waals surface area contributed by atoms with Crippen LogP contribution in [0.15, 0.2) is 11.6 Å². The predicted molar refractivity (Wildman–Crippen MR) is 116 cm³/mol. The lowest BCUT2D eigenvalue weighted by Gasteiger charge is -2.56. The number of hydrogen-bond acceptors (Lipinski definition) is 5. The molecule has 0 N–H and O–H groups in total. The van der Waals surface area contributed by atoms with E-state index in [1.54, 1.807) is 0 Å². The van der Waals surface area contributed by atoms with Gasteiger partial charge < -0.3 is 4.74 Å². The summed E-state index contributed by atoms with van der Waals surface area (Å²) in [4.78, 5) is 50.7. The first-order valence-corrected chi connectivity index (χ1v) is 12.1. The molecule has 0 saturated heterocycles. The van der Waals surface area contributed by atoms with Gasteiger partial charge in [-0.1, -0.05) is 33.3 Å². The van der Waals surface area contributed by atoms with E-state index in [9.17, 15) is 19.2 Å². The fourth-order valence-electron chi connectivity index (χ4n) is 7.46. The number of esters is 1. The quantitative estimate of drug-likeness (QED) is 0.604. The van der Waals surface area contributed by atoms with Crippen LogP contribution < -0.4 is 0 Å². The molecule has 0 bridgehead atoms. The first-order valence-electron chi connectivity index (χ1n) is 12.1. The average molecular weight is 429 g/mol. The fraction of sp³-hybridized carbons (Fsp3) is 0.769. The number of allylic oxidation sites excluding steroid dienone is 1. The van der Waals surface area contributed by atoms with Gasteiger partial charge in [-0.15, -0.1) is 0 Å². The van der Waals surface area contributed by atoms with Gasteiger partial charge in [0.1, 0.15) is 12.4 Å². The second kappa shape index (κ2) is 7.97. The minimum atomic E-state index is -0.347. The van der Waals surface area contributed by atoms with E-state index in [2.05, 4.69) is 13.8 Å². The van der Waals surface area contributed by atoms with E-state index in [-0.39, 0.29) is 64.4 Å². The van der Waals surface area contributed by atoms with Gasteiger partial charge in [0, 0.05) is 24.7 Å². The van der Waals surface area contributed by atoms with Crippen molar-refractivity contribution in [1.82, 2.24) is 0 Å². The molecule has 4 aliphatic rings. The summed E-state index contributed by atoms with van der Waals surface area (Å²) in [6.45, 7) is 7.87. The summed E-state index contributed by atoms with van der Waals surface area (Å²) in [6, 6.07) is 0. The Morgan fingerprint density at radius 2 is 1.90 bits per heavy atom. The van der Waals surface area contributed by atoms with Crippen LogP contribution in [0.3, 0.4) is 0 Å². The van der Waals surface area contributed by atoms with Gasteiger partial charge >= 0.3 is 5.97 Å². The van der Waals surface area contributed by atoms with Crippen LogP contribution in [0, 0.1) is 40.4 Å². The van der Waals surface area contributed by atoms with Crippen molar-refractivity contribution in [1.29, 1.82) is 0 Å². The van der Waals surface area contributed by atoms with Crippen LogP contribution in [0.5, 0.6) is 0 Å². The van der Waals surface area contributed by atoms with Crippen molar-refractivity contribution in [2.45, 2.75) is 79.1 Å². The lowest BCUT2D eigenvalue weighted by Crippen LogP contribution is -2.55. The molecule has 0 aromatic carbocycles. The molecule has 4 rings (SSSR count). The topological polar surface area (TPSA) is 77.5 Å². The van der Waals surface area contributed by atoms with E-state index in [1.807, 2.05) is 19.9 Å². The van der Waals surface area contributed by atoms with E-state index in [0.29, 0.717) is 25.2 Å². The van der Waals surface area contributed by atoms with Crippen molar-refractivity contribution in [3.8, 4) is 0 Å². The number of fused-ring (bicyclic) bond motifs is 5.